The van der Waals surface area contributed by atoms with E-state index in [1.165, 1.54) is 4.31 Å². The van der Waals surface area contributed by atoms with E-state index in [0.29, 0.717) is 19.5 Å². The molecule has 0 amide bonds. The smallest absolute Gasteiger partial charge is 0.303 e. The summed E-state index contributed by atoms with van der Waals surface area (Å²) >= 11 is 0. The average Bonchev–Trinajstić information content (AvgIpc) is 2.25. The summed E-state index contributed by atoms with van der Waals surface area (Å²) in [4.78, 5) is 10.5. The second-order valence-electron chi connectivity index (χ2n) is 5.08. The van der Waals surface area contributed by atoms with Crippen LogP contribution in [0.2, 0.25) is 0 Å². The number of rotatable bonds is 6. The molecule has 0 aromatic heterocycles. The van der Waals surface area contributed by atoms with Crippen LogP contribution >= 0.6 is 0 Å². The summed E-state index contributed by atoms with van der Waals surface area (Å²) in [6.45, 7) is 4.51. The fraction of sp³-hybridized carbons (Fsp3) is 0.909. The maximum absolute atomic E-state index is 12.0. The van der Waals surface area contributed by atoms with E-state index in [9.17, 15) is 13.2 Å². The Balaban J connectivity index is 2.55. The minimum absolute atomic E-state index is 0.107. The van der Waals surface area contributed by atoms with Crippen molar-refractivity contribution >= 4 is 16.2 Å². The molecule has 0 aromatic carbocycles. The molecule has 18 heavy (non-hydrogen) atoms. The van der Waals surface area contributed by atoms with Gasteiger partial charge in [0.05, 0.1) is 0 Å². The Hall–Kier alpha value is -0.660. The van der Waals surface area contributed by atoms with Crippen molar-refractivity contribution in [2.75, 3.05) is 13.1 Å². The molecule has 1 rings (SSSR count). The second kappa shape index (κ2) is 6.49. The van der Waals surface area contributed by atoms with Crippen molar-refractivity contribution in [1.29, 1.82) is 0 Å². The highest BCUT2D eigenvalue weighted by atomic mass is 32.2. The van der Waals surface area contributed by atoms with Gasteiger partial charge < -0.3 is 5.11 Å². The molecule has 1 fully saturated rings. The molecule has 1 saturated heterocycles. The SMILES string of the molecule is CC(C)NS(=O)(=O)N1CCCC(CCC(=O)O)C1. The van der Waals surface area contributed by atoms with Gasteiger partial charge in [-0.15, -0.1) is 0 Å². The standard InChI is InChI=1S/C11H22N2O4S/c1-9(2)12-18(16,17)13-7-3-4-10(8-13)5-6-11(14)15/h9-10,12H,3-8H2,1-2H3,(H,14,15). The van der Waals surface area contributed by atoms with E-state index >= 15 is 0 Å². The van der Waals surface area contributed by atoms with Crippen LogP contribution in [0.5, 0.6) is 0 Å². The minimum Gasteiger partial charge on any atom is -0.481 e. The molecule has 0 radical (unpaired) electrons. The van der Waals surface area contributed by atoms with Gasteiger partial charge in [-0.2, -0.15) is 17.4 Å². The number of carboxylic acid groups (broad SMARTS) is 1. The molecule has 0 spiro atoms. The van der Waals surface area contributed by atoms with Crippen LogP contribution in [0.25, 0.3) is 0 Å². The number of nitrogens with one attached hydrogen (secondary N) is 1. The van der Waals surface area contributed by atoms with E-state index in [1.807, 2.05) is 0 Å². The maximum Gasteiger partial charge on any atom is 0.303 e. The summed E-state index contributed by atoms with van der Waals surface area (Å²) in [5.74, 6) is -0.672. The lowest BCUT2D eigenvalue weighted by atomic mass is 9.95. The van der Waals surface area contributed by atoms with Gasteiger partial charge in [-0.1, -0.05) is 0 Å². The molecule has 1 heterocycles. The molecule has 1 atom stereocenters. The quantitative estimate of drug-likeness (QED) is 0.752. The van der Waals surface area contributed by atoms with Crippen molar-refractivity contribution < 1.29 is 18.3 Å². The molecule has 6 nitrogen and oxygen atoms in total. The van der Waals surface area contributed by atoms with Crippen LogP contribution < -0.4 is 4.72 Å². The second-order valence-corrected chi connectivity index (χ2v) is 6.78. The molecule has 7 heteroatoms. The topological polar surface area (TPSA) is 86.7 Å². The van der Waals surface area contributed by atoms with Crippen LogP contribution in [-0.2, 0) is 15.0 Å². The Morgan fingerprint density at radius 2 is 2.17 bits per heavy atom. The fourth-order valence-electron chi connectivity index (χ4n) is 2.18. The Bertz CT molecular complexity index is 381. The Morgan fingerprint density at radius 3 is 2.72 bits per heavy atom. The maximum atomic E-state index is 12.0. The van der Waals surface area contributed by atoms with Gasteiger partial charge in [0.1, 0.15) is 0 Å². The van der Waals surface area contributed by atoms with Crippen LogP contribution in [0.15, 0.2) is 0 Å². The highest BCUT2D eigenvalue weighted by Crippen LogP contribution is 2.22. The van der Waals surface area contributed by atoms with Gasteiger partial charge in [0.2, 0.25) is 0 Å². The van der Waals surface area contributed by atoms with E-state index in [2.05, 4.69) is 4.72 Å². The zero-order chi connectivity index (χ0) is 13.8. The van der Waals surface area contributed by atoms with Crippen molar-refractivity contribution in [3.05, 3.63) is 0 Å². The third kappa shape index (κ3) is 4.91. The summed E-state index contributed by atoms with van der Waals surface area (Å²) in [5, 5.41) is 8.64. The molecule has 1 unspecified atom stereocenters. The van der Waals surface area contributed by atoms with Crippen molar-refractivity contribution in [2.24, 2.45) is 5.92 Å². The third-order valence-electron chi connectivity index (χ3n) is 2.97. The first-order chi connectivity index (χ1) is 8.31. The van der Waals surface area contributed by atoms with Crippen LogP contribution in [-0.4, -0.2) is 42.9 Å². The number of nitrogens with zero attached hydrogens (tertiary/aromatic N) is 1. The molecule has 1 aliphatic rings. The summed E-state index contributed by atoms with van der Waals surface area (Å²) in [6.07, 6.45) is 2.35. The molecular formula is C11H22N2O4S. The lowest BCUT2D eigenvalue weighted by Gasteiger charge is -2.32. The van der Waals surface area contributed by atoms with Gasteiger partial charge in [0, 0.05) is 25.6 Å². The van der Waals surface area contributed by atoms with Crippen molar-refractivity contribution in [1.82, 2.24) is 9.03 Å². The predicted octanol–water partition coefficient (Wildman–Crippen LogP) is 0.806. The van der Waals surface area contributed by atoms with Crippen molar-refractivity contribution in [3.63, 3.8) is 0 Å². The van der Waals surface area contributed by atoms with E-state index in [1.54, 1.807) is 13.8 Å². The molecule has 1 aliphatic heterocycles. The first-order valence-electron chi connectivity index (χ1n) is 6.30. The van der Waals surface area contributed by atoms with Crippen LogP contribution in [0.3, 0.4) is 0 Å². The van der Waals surface area contributed by atoms with Gasteiger partial charge >= 0.3 is 5.97 Å². The zero-order valence-electron chi connectivity index (χ0n) is 10.9. The van der Waals surface area contributed by atoms with Gasteiger partial charge in [-0.3, -0.25) is 4.79 Å². The Morgan fingerprint density at radius 1 is 1.50 bits per heavy atom. The number of piperidine rings is 1. The number of aliphatic carboxylic acids is 1. The molecule has 0 bridgehead atoms. The van der Waals surface area contributed by atoms with E-state index in [-0.39, 0.29) is 18.4 Å². The van der Waals surface area contributed by atoms with E-state index < -0.39 is 16.2 Å². The molecule has 0 saturated carbocycles. The highest BCUT2D eigenvalue weighted by Gasteiger charge is 2.29. The van der Waals surface area contributed by atoms with E-state index in [4.69, 9.17) is 5.11 Å². The van der Waals surface area contributed by atoms with Crippen LogP contribution in [0.1, 0.15) is 39.5 Å². The third-order valence-corrected chi connectivity index (χ3v) is 4.75. The summed E-state index contributed by atoms with van der Waals surface area (Å²) in [6, 6.07) is -0.130. The zero-order valence-corrected chi connectivity index (χ0v) is 11.7. The van der Waals surface area contributed by atoms with Crippen LogP contribution in [0.4, 0.5) is 0 Å². The number of carbonyl (C=O) groups is 1. The summed E-state index contributed by atoms with van der Waals surface area (Å²) < 4.78 is 27.9. The molecule has 0 aliphatic carbocycles. The van der Waals surface area contributed by atoms with Gasteiger partial charge in [-0.05, 0) is 39.0 Å². The molecule has 2 N–H and O–H groups in total. The molecule has 0 aromatic rings. The Labute approximate surface area is 109 Å². The van der Waals surface area contributed by atoms with Crippen molar-refractivity contribution in [2.45, 2.75) is 45.6 Å². The monoisotopic (exact) mass is 278 g/mol. The normalized spacial score (nSPS) is 22.3. The number of carboxylic acids is 1. The molecule has 106 valence electrons. The van der Waals surface area contributed by atoms with Crippen LogP contribution in [0, 0.1) is 5.92 Å². The predicted molar refractivity (Wildman–Crippen MR) is 68.4 cm³/mol. The summed E-state index contributed by atoms with van der Waals surface area (Å²) in [7, 11) is -3.42. The summed E-state index contributed by atoms with van der Waals surface area (Å²) in [5.41, 5.74) is 0. The minimum atomic E-state index is -3.42. The van der Waals surface area contributed by atoms with Gasteiger partial charge in [0.15, 0.2) is 0 Å². The lowest BCUT2D eigenvalue weighted by Crippen LogP contribution is -2.47. The van der Waals surface area contributed by atoms with Crippen molar-refractivity contribution in [3.8, 4) is 0 Å². The largest absolute Gasteiger partial charge is 0.481 e. The Kier molecular flexibility index (Phi) is 5.55. The lowest BCUT2D eigenvalue weighted by molar-refractivity contribution is -0.137. The fourth-order valence-corrected chi connectivity index (χ4v) is 3.70. The highest BCUT2D eigenvalue weighted by molar-refractivity contribution is 7.87. The number of hydrogen-bond acceptors (Lipinski definition) is 3. The number of hydrogen-bond donors (Lipinski definition) is 2. The average molecular weight is 278 g/mol. The van der Waals surface area contributed by atoms with E-state index in [0.717, 1.165) is 12.8 Å². The van der Waals surface area contributed by atoms with Gasteiger partial charge in [-0.25, -0.2) is 0 Å². The first kappa shape index (κ1) is 15.4. The molecular weight excluding hydrogens is 256 g/mol. The van der Waals surface area contributed by atoms with Gasteiger partial charge in [0.25, 0.3) is 10.2 Å². The first-order valence-corrected chi connectivity index (χ1v) is 7.74.